The number of fused-ring (bicyclic) bond motifs is 5. The van der Waals surface area contributed by atoms with Gasteiger partial charge in [-0.05, 0) is 17.5 Å². The van der Waals surface area contributed by atoms with Gasteiger partial charge in [-0.2, -0.15) is 0 Å². The maximum atomic E-state index is 6.35. The van der Waals surface area contributed by atoms with Crippen molar-refractivity contribution in [1.29, 1.82) is 0 Å². The molecule has 4 rings (SSSR count). The van der Waals surface area contributed by atoms with E-state index in [1.165, 1.54) is 25.6 Å². The first-order valence-electron chi connectivity index (χ1n) is 5.68. The molecule has 4 aromatic rings. The molecule has 0 unspecified atom stereocenters. The summed E-state index contributed by atoms with van der Waals surface area (Å²) in [4.78, 5) is 4.19. The van der Waals surface area contributed by atoms with Gasteiger partial charge in [0.15, 0.2) is 0 Å². The minimum Gasteiger partial charge on any atom is -0.263 e. The van der Waals surface area contributed by atoms with Gasteiger partial charge < -0.3 is 0 Å². The van der Waals surface area contributed by atoms with E-state index in [0.29, 0.717) is 0 Å². The van der Waals surface area contributed by atoms with Gasteiger partial charge in [-0.3, -0.25) is 4.98 Å². The third-order valence-corrected chi connectivity index (χ3v) is 4.72. The highest BCUT2D eigenvalue weighted by Gasteiger charge is 2.09. The molecule has 0 fully saturated rings. The lowest BCUT2D eigenvalue weighted by molar-refractivity contribution is 1.37. The number of nitrogens with zero attached hydrogens (tertiary/aromatic N) is 1. The summed E-state index contributed by atoms with van der Waals surface area (Å²) in [6.45, 7) is 0. The van der Waals surface area contributed by atoms with Crippen molar-refractivity contribution in [2.75, 3.05) is 0 Å². The summed E-state index contributed by atoms with van der Waals surface area (Å²) in [5, 5.41) is 5.68. The first-order chi connectivity index (χ1) is 8.84. The fourth-order valence-corrected chi connectivity index (χ4v) is 3.99. The van der Waals surface area contributed by atoms with Crippen LogP contribution in [0.3, 0.4) is 0 Å². The van der Waals surface area contributed by atoms with E-state index < -0.39 is 0 Å². The van der Waals surface area contributed by atoms with Crippen molar-refractivity contribution in [2.45, 2.75) is 0 Å². The van der Waals surface area contributed by atoms with Gasteiger partial charge in [0.1, 0.15) is 0 Å². The highest BCUT2D eigenvalue weighted by Crippen LogP contribution is 2.40. The Balaban J connectivity index is 2.35. The Morgan fingerprint density at radius 3 is 2.89 bits per heavy atom. The van der Waals surface area contributed by atoms with E-state index in [1.54, 1.807) is 11.3 Å². The van der Waals surface area contributed by atoms with Gasteiger partial charge in [0.25, 0.3) is 0 Å². The molecule has 0 aliphatic rings. The maximum absolute atomic E-state index is 6.35. The van der Waals surface area contributed by atoms with Gasteiger partial charge in [0.2, 0.25) is 0 Å². The minimum absolute atomic E-state index is 0.817. The van der Waals surface area contributed by atoms with E-state index >= 15 is 0 Å². The summed E-state index contributed by atoms with van der Waals surface area (Å²) in [6, 6.07) is 12.4. The number of hydrogen-bond acceptors (Lipinski definition) is 2. The van der Waals surface area contributed by atoms with Crippen molar-refractivity contribution in [2.24, 2.45) is 0 Å². The van der Waals surface area contributed by atoms with Crippen LogP contribution >= 0.6 is 22.9 Å². The SMILES string of the molecule is Clc1cccc2ccc3c4ccncc4sc3c12. The number of benzene rings is 2. The van der Waals surface area contributed by atoms with Crippen LogP contribution in [0.1, 0.15) is 0 Å². The third kappa shape index (κ3) is 1.30. The van der Waals surface area contributed by atoms with Gasteiger partial charge >= 0.3 is 0 Å². The van der Waals surface area contributed by atoms with E-state index in [1.807, 2.05) is 24.5 Å². The van der Waals surface area contributed by atoms with Crippen LogP contribution in [0.2, 0.25) is 5.02 Å². The average molecular weight is 270 g/mol. The standard InChI is InChI=1S/C15H8ClNS/c16-12-3-1-2-9-4-5-11-10-6-7-17-8-13(10)18-15(11)14(9)12/h1-8H. The fourth-order valence-electron chi connectivity index (χ4n) is 2.41. The lowest BCUT2D eigenvalue weighted by atomic mass is 10.1. The van der Waals surface area contributed by atoms with E-state index in [4.69, 9.17) is 11.6 Å². The molecule has 0 spiro atoms. The fraction of sp³-hybridized carbons (Fsp3) is 0. The van der Waals surface area contributed by atoms with Crippen LogP contribution in [0, 0.1) is 0 Å². The monoisotopic (exact) mass is 269 g/mol. The normalized spacial score (nSPS) is 11.6. The summed E-state index contributed by atoms with van der Waals surface area (Å²) in [6.07, 6.45) is 3.76. The zero-order chi connectivity index (χ0) is 12.1. The molecule has 0 bridgehead atoms. The summed E-state index contributed by atoms with van der Waals surface area (Å²) >= 11 is 8.11. The quantitative estimate of drug-likeness (QED) is 0.424. The van der Waals surface area contributed by atoms with Crippen LogP contribution in [0.15, 0.2) is 48.8 Å². The van der Waals surface area contributed by atoms with Crippen LogP contribution < -0.4 is 0 Å². The van der Waals surface area contributed by atoms with Crippen molar-refractivity contribution >= 4 is 53.9 Å². The van der Waals surface area contributed by atoms with Crippen LogP contribution in [0.25, 0.3) is 30.9 Å². The second-order valence-electron chi connectivity index (χ2n) is 4.25. The molecule has 0 saturated carbocycles. The molecule has 0 saturated heterocycles. The molecule has 0 aliphatic carbocycles. The van der Waals surface area contributed by atoms with Gasteiger partial charge in [0, 0.05) is 38.3 Å². The zero-order valence-electron chi connectivity index (χ0n) is 9.35. The Morgan fingerprint density at radius 1 is 1.00 bits per heavy atom. The Kier molecular flexibility index (Phi) is 2.10. The first-order valence-corrected chi connectivity index (χ1v) is 6.87. The second kappa shape index (κ2) is 3.67. The Hall–Kier alpha value is -1.64. The van der Waals surface area contributed by atoms with Gasteiger partial charge in [-0.15, -0.1) is 11.3 Å². The van der Waals surface area contributed by atoms with E-state index in [9.17, 15) is 0 Å². The van der Waals surface area contributed by atoms with Crippen molar-refractivity contribution in [3.05, 3.63) is 53.8 Å². The molecule has 0 aliphatic heterocycles. The van der Waals surface area contributed by atoms with E-state index in [0.717, 1.165) is 10.4 Å². The summed E-state index contributed by atoms with van der Waals surface area (Å²) in [5.41, 5.74) is 0. The van der Waals surface area contributed by atoms with Crippen molar-refractivity contribution in [1.82, 2.24) is 4.98 Å². The molecule has 1 nitrogen and oxygen atoms in total. The van der Waals surface area contributed by atoms with Crippen LogP contribution in [-0.4, -0.2) is 4.98 Å². The minimum atomic E-state index is 0.817. The predicted octanol–water partition coefficient (Wildman–Crippen LogP) is 5.26. The molecule has 0 radical (unpaired) electrons. The molecule has 2 aromatic carbocycles. The Bertz CT molecular complexity index is 895. The second-order valence-corrected chi connectivity index (χ2v) is 5.71. The van der Waals surface area contributed by atoms with E-state index in [2.05, 4.69) is 29.2 Å². The van der Waals surface area contributed by atoms with Crippen LogP contribution in [-0.2, 0) is 0 Å². The highest BCUT2D eigenvalue weighted by atomic mass is 35.5. The number of rotatable bonds is 0. The van der Waals surface area contributed by atoms with Crippen molar-refractivity contribution in [3.63, 3.8) is 0 Å². The largest absolute Gasteiger partial charge is 0.263 e. The number of aromatic nitrogens is 1. The lowest BCUT2D eigenvalue weighted by Gasteiger charge is -2.01. The molecule has 3 heteroatoms. The maximum Gasteiger partial charge on any atom is 0.0539 e. The molecule has 2 heterocycles. The molecular formula is C15H8ClNS. The number of halogens is 1. The molecular weight excluding hydrogens is 262 g/mol. The molecule has 0 atom stereocenters. The van der Waals surface area contributed by atoms with Crippen molar-refractivity contribution in [3.8, 4) is 0 Å². The number of pyridine rings is 1. The lowest BCUT2D eigenvalue weighted by Crippen LogP contribution is -1.74. The van der Waals surface area contributed by atoms with Crippen LogP contribution in [0.5, 0.6) is 0 Å². The smallest absolute Gasteiger partial charge is 0.0539 e. The van der Waals surface area contributed by atoms with Crippen molar-refractivity contribution < 1.29 is 0 Å². The molecule has 0 N–H and O–H groups in total. The third-order valence-electron chi connectivity index (χ3n) is 3.23. The van der Waals surface area contributed by atoms with Gasteiger partial charge in [-0.25, -0.2) is 0 Å². The molecule has 86 valence electrons. The average Bonchev–Trinajstić information content (AvgIpc) is 2.77. The molecule has 18 heavy (non-hydrogen) atoms. The van der Waals surface area contributed by atoms with Gasteiger partial charge in [-0.1, -0.05) is 35.9 Å². The number of thiophene rings is 1. The Labute approximate surface area is 113 Å². The molecule has 2 aromatic heterocycles. The predicted molar refractivity (Wildman–Crippen MR) is 79.6 cm³/mol. The summed E-state index contributed by atoms with van der Waals surface area (Å²) in [5.74, 6) is 0. The Morgan fingerprint density at radius 2 is 1.94 bits per heavy atom. The summed E-state index contributed by atoms with van der Waals surface area (Å²) < 4.78 is 2.46. The number of hydrogen-bond donors (Lipinski definition) is 0. The zero-order valence-corrected chi connectivity index (χ0v) is 10.9. The summed E-state index contributed by atoms with van der Waals surface area (Å²) in [7, 11) is 0. The molecule has 0 amide bonds. The topological polar surface area (TPSA) is 12.9 Å². The van der Waals surface area contributed by atoms with Gasteiger partial charge in [0.05, 0.1) is 4.70 Å². The highest BCUT2D eigenvalue weighted by molar-refractivity contribution is 7.26. The first kappa shape index (κ1) is 10.3. The van der Waals surface area contributed by atoms with Crippen LogP contribution in [0.4, 0.5) is 0 Å². The van der Waals surface area contributed by atoms with E-state index in [-0.39, 0.29) is 0 Å².